The van der Waals surface area contributed by atoms with E-state index in [-0.39, 0.29) is 16.5 Å². The number of rotatable bonds is 7. The zero-order chi connectivity index (χ0) is 26.4. The van der Waals surface area contributed by atoms with Crippen molar-refractivity contribution < 1.29 is 23.5 Å². The van der Waals surface area contributed by atoms with Gasteiger partial charge in [-0.3, -0.25) is 14.5 Å². The zero-order valence-corrected chi connectivity index (χ0v) is 22.1. The third-order valence-corrected chi connectivity index (χ3v) is 8.52. The molecule has 190 valence electrons. The van der Waals surface area contributed by atoms with Crippen LogP contribution in [0.2, 0.25) is 5.02 Å². The number of nitrogens with zero attached hydrogens (tertiary/aromatic N) is 3. The summed E-state index contributed by atoms with van der Waals surface area (Å²) in [5.74, 6) is -0.627. The van der Waals surface area contributed by atoms with Crippen LogP contribution in [-0.4, -0.2) is 27.0 Å². The van der Waals surface area contributed by atoms with Crippen molar-refractivity contribution in [3.05, 3.63) is 106 Å². The maximum Gasteiger partial charge on any atom is 0.296 e. The molecule has 2 aromatic carbocycles. The summed E-state index contributed by atoms with van der Waals surface area (Å²) in [5, 5.41) is 21.0. The highest BCUT2D eigenvalue weighted by molar-refractivity contribution is 8.00. The monoisotopic (exact) mass is 563 g/mol. The number of ketones is 1. The summed E-state index contributed by atoms with van der Waals surface area (Å²) in [6.07, 6.45) is 0. The number of hydrogen-bond donors (Lipinski definition) is 1. The molecule has 5 aromatic rings. The predicted molar refractivity (Wildman–Crippen MR) is 145 cm³/mol. The van der Waals surface area contributed by atoms with Gasteiger partial charge in [0.2, 0.25) is 10.9 Å². The first-order chi connectivity index (χ1) is 18.4. The van der Waals surface area contributed by atoms with E-state index in [4.69, 9.17) is 20.4 Å². The van der Waals surface area contributed by atoms with Crippen LogP contribution in [0, 0.1) is 6.92 Å². The molecule has 0 saturated heterocycles. The Labute approximate surface area is 229 Å². The highest BCUT2D eigenvalue weighted by Gasteiger charge is 2.48. The second-order valence-corrected chi connectivity index (χ2v) is 11.1. The molecule has 8 nitrogen and oxygen atoms in total. The van der Waals surface area contributed by atoms with Crippen LogP contribution in [0.15, 0.2) is 91.2 Å². The Kier molecular flexibility index (Phi) is 6.30. The lowest BCUT2D eigenvalue weighted by Crippen LogP contribution is -2.30. The summed E-state index contributed by atoms with van der Waals surface area (Å²) in [7, 11) is 0. The van der Waals surface area contributed by atoms with Gasteiger partial charge in [0.1, 0.15) is 23.1 Å². The van der Waals surface area contributed by atoms with E-state index in [0.29, 0.717) is 32.2 Å². The Morgan fingerprint density at radius 3 is 2.66 bits per heavy atom. The van der Waals surface area contributed by atoms with Crippen molar-refractivity contribution in [2.75, 3.05) is 4.90 Å². The fourth-order valence-corrected chi connectivity index (χ4v) is 6.40. The number of halogens is 1. The quantitative estimate of drug-likeness (QED) is 0.129. The van der Waals surface area contributed by atoms with Gasteiger partial charge >= 0.3 is 0 Å². The van der Waals surface area contributed by atoms with Gasteiger partial charge in [-0.25, -0.2) is 0 Å². The minimum absolute atomic E-state index is 0.00364. The van der Waals surface area contributed by atoms with Crippen molar-refractivity contribution in [2.24, 2.45) is 0 Å². The molecule has 0 spiro atoms. The molecule has 0 saturated carbocycles. The van der Waals surface area contributed by atoms with Crippen molar-refractivity contribution in [3.8, 4) is 0 Å². The molecule has 1 atom stereocenters. The van der Waals surface area contributed by atoms with E-state index < -0.39 is 23.5 Å². The molecule has 1 unspecified atom stereocenters. The molecule has 0 bridgehead atoms. The van der Waals surface area contributed by atoms with Gasteiger partial charge < -0.3 is 13.9 Å². The normalized spacial score (nSPS) is 15.7. The number of amides is 1. The maximum absolute atomic E-state index is 13.7. The highest BCUT2D eigenvalue weighted by atomic mass is 35.5. The van der Waals surface area contributed by atoms with Gasteiger partial charge in [0.05, 0.1) is 5.57 Å². The highest BCUT2D eigenvalue weighted by Crippen LogP contribution is 2.44. The number of Topliss-reactive ketones (excluding diaryl/α,β-unsaturated/α-hetero) is 1. The summed E-state index contributed by atoms with van der Waals surface area (Å²) >= 11 is 8.85. The number of carbonyl (C=O) groups is 2. The molecule has 1 amide bonds. The van der Waals surface area contributed by atoms with Gasteiger partial charge in [-0.1, -0.05) is 71.1 Å². The smallest absolute Gasteiger partial charge is 0.296 e. The summed E-state index contributed by atoms with van der Waals surface area (Å²) in [6, 6.07) is 18.6. The molecule has 11 heteroatoms. The minimum atomic E-state index is -1.05. The molecule has 6 rings (SSSR count). The molecule has 0 aliphatic carbocycles. The van der Waals surface area contributed by atoms with Crippen molar-refractivity contribution >= 4 is 62.5 Å². The van der Waals surface area contributed by atoms with Crippen molar-refractivity contribution in [1.82, 2.24) is 10.2 Å². The average Bonchev–Trinajstić information content (AvgIpc) is 3.70. The molecule has 0 fully saturated rings. The second-order valence-electron chi connectivity index (χ2n) is 8.50. The standard InChI is InChI=1S/C27H18ClN3O5S2/c1-14-10-11-19(35-14)22-21(23(32)20-12-15-6-3-5-9-18(15)36-20)24(33)25(34)31(22)26-29-30-27(38-26)37-13-16-7-2-4-8-17(16)28/h2-12,22,33H,13H2,1H3. The number of benzene rings is 2. The molecule has 1 aliphatic rings. The van der Waals surface area contributed by atoms with Crippen LogP contribution in [0.5, 0.6) is 0 Å². The number of anilines is 1. The number of furan rings is 2. The zero-order valence-electron chi connectivity index (χ0n) is 19.8. The first kappa shape index (κ1) is 24.5. The molecule has 0 radical (unpaired) electrons. The second kappa shape index (κ2) is 9.79. The summed E-state index contributed by atoms with van der Waals surface area (Å²) in [4.78, 5) is 28.2. The number of para-hydroxylation sites is 1. The minimum Gasteiger partial charge on any atom is -0.503 e. The average molecular weight is 564 g/mol. The van der Waals surface area contributed by atoms with Crippen LogP contribution in [0.1, 0.15) is 33.7 Å². The van der Waals surface area contributed by atoms with E-state index >= 15 is 0 Å². The van der Waals surface area contributed by atoms with E-state index in [1.807, 2.05) is 36.4 Å². The van der Waals surface area contributed by atoms with Crippen molar-refractivity contribution in [1.29, 1.82) is 0 Å². The van der Waals surface area contributed by atoms with Crippen LogP contribution in [-0.2, 0) is 10.5 Å². The number of aliphatic hydroxyl groups is 1. The Hall–Kier alpha value is -3.86. The predicted octanol–water partition coefficient (Wildman–Crippen LogP) is 6.91. The Morgan fingerprint density at radius 1 is 1.11 bits per heavy atom. The van der Waals surface area contributed by atoms with Crippen LogP contribution < -0.4 is 4.90 Å². The van der Waals surface area contributed by atoms with Gasteiger partial charge in [-0.05, 0) is 42.8 Å². The van der Waals surface area contributed by atoms with Crippen LogP contribution in [0.25, 0.3) is 11.0 Å². The van der Waals surface area contributed by atoms with Crippen LogP contribution in [0.4, 0.5) is 5.13 Å². The van der Waals surface area contributed by atoms with Gasteiger partial charge in [0, 0.05) is 16.2 Å². The fraction of sp³-hybridized carbons (Fsp3) is 0.111. The lowest BCUT2D eigenvalue weighted by atomic mass is 10.00. The molecule has 38 heavy (non-hydrogen) atoms. The number of thioether (sulfide) groups is 1. The summed E-state index contributed by atoms with van der Waals surface area (Å²) < 4.78 is 12.2. The lowest BCUT2D eigenvalue weighted by Gasteiger charge is -2.21. The maximum atomic E-state index is 13.7. The SMILES string of the molecule is Cc1ccc(C2C(C(=O)c3cc4ccccc4o3)=C(O)C(=O)N2c2nnc(SCc3ccccc3Cl)s2)o1. The topological polar surface area (TPSA) is 110 Å². The Morgan fingerprint density at radius 2 is 1.89 bits per heavy atom. The van der Waals surface area contributed by atoms with E-state index in [1.54, 1.807) is 37.3 Å². The largest absolute Gasteiger partial charge is 0.503 e. The third kappa shape index (κ3) is 4.30. The summed E-state index contributed by atoms with van der Waals surface area (Å²) in [5.41, 5.74) is 1.31. The molecule has 3 aromatic heterocycles. The van der Waals surface area contributed by atoms with E-state index in [0.717, 1.165) is 10.9 Å². The number of aliphatic hydroxyl groups excluding tert-OH is 1. The molecular formula is C27H18ClN3O5S2. The number of fused-ring (bicyclic) bond motifs is 1. The van der Waals surface area contributed by atoms with Crippen molar-refractivity contribution in [3.63, 3.8) is 0 Å². The third-order valence-electron chi connectivity index (χ3n) is 6.04. The number of aryl methyl sites for hydroxylation is 1. The Bertz CT molecular complexity index is 1700. The first-order valence-corrected chi connectivity index (χ1v) is 13.6. The van der Waals surface area contributed by atoms with Gasteiger partial charge in [0.25, 0.3) is 5.91 Å². The fourth-order valence-electron chi connectivity index (χ4n) is 4.24. The van der Waals surface area contributed by atoms with E-state index in [9.17, 15) is 14.7 Å². The molecule has 1 N–H and O–H groups in total. The summed E-state index contributed by atoms with van der Waals surface area (Å²) in [6.45, 7) is 1.75. The van der Waals surface area contributed by atoms with Gasteiger partial charge in [-0.15, -0.1) is 10.2 Å². The molecular weight excluding hydrogens is 546 g/mol. The van der Waals surface area contributed by atoms with Crippen LogP contribution >= 0.6 is 34.7 Å². The van der Waals surface area contributed by atoms with E-state index in [2.05, 4.69) is 10.2 Å². The van der Waals surface area contributed by atoms with Crippen molar-refractivity contribution in [2.45, 2.75) is 23.1 Å². The first-order valence-electron chi connectivity index (χ1n) is 11.5. The number of hydrogen-bond acceptors (Lipinski definition) is 9. The Balaban J connectivity index is 1.35. The van der Waals surface area contributed by atoms with Crippen LogP contribution in [0.3, 0.4) is 0 Å². The van der Waals surface area contributed by atoms with Gasteiger partial charge in [0.15, 0.2) is 15.9 Å². The van der Waals surface area contributed by atoms with Gasteiger partial charge in [-0.2, -0.15) is 0 Å². The molecule has 4 heterocycles. The molecule has 1 aliphatic heterocycles. The van der Waals surface area contributed by atoms with E-state index in [1.165, 1.54) is 28.0 Å². The lowest BCUT2D eigenvalue weighted by molar-refractivity contribution is -0.117. The number of carbonyl (C=O) groups excluding carboxylic acids is 2. The number of aromatic nitrogens is 2.